The molecule has 0 amide bonds. The van der Waals surface area contributed by atoms with Crippen LogP contribution in [-0.2, 0) is 6.54 Å². The summed E-state index contributed by atoms with van der Waals surface area (Å²) in [5.41, 5.74) is 1.32. The maximum absolute atomic E-state index is 8.60. The van der Waals surface area contributed by atoms with Crippen LogP contribution in [0.2, 0.25) is 0 Å². The van der Waals surface area contributed by atoms with Crippen molar-refractivity contribution in [1.29, 1.82) is 5.26 Å². The lowest BCUT2D eigenvalue weighted by molar-refractivity contribution is 0.397. The Morgan fingerprint density at radius 3 is 2.89 bits per heavy atom. The Morgan fingerprint density at radius 1 is 1.33 bits per heavy atom. The summed E-state index contributed by atoms with van der Waals surface area (Å²) in [7, 11) is 1.58. The van der Waals surface area contributed by atoms with Crippen LogP contribution in [0.4, 0.5) is 5.82 Å². The molecule has 2 aromatic heterocycles. The van der Waals surface area contributed by atoms with Crippen LogP contribution in [0.5, 0.6) is 5.88 Å². The largest absolute Gasteiger partial charge is 0.481 e. The standard InChI is InChI=1S/C12H11N5O/c1-18-12-6-9(4-5-14-12)8-15-11-3-2-10(7-13)16-17-11/h2-6H,8H2,1H3,(H,15,17). The maximum Gasteiger partial charge on any atom is 0.213 e. The maximum atomic E-state index is 8.60. The molecular weight excluding hydrogens is 230 g/mol. The first-order chi connectivity index (χ1) is 8.81. The molecular formula is C12H11N5O. The van der Waals surface area contributed by atoms with Gasteiger partial charge in [0, 0.05) is 18.8 Å². The lowest BCUT2D eigenvalue weighted by Gasteiger charge is -2.05. The number of hydrogen-bond acceptors (Lipinski definition) is 6. The summed E-state index contributed by atoms with van der Waals surface area (Å²) in [6, 6.07) is 8.96. The second kappa shape index (κ2) is 5.59. The number of methoxy groups -OCH3 is 1. The smallest absolute Gasteiger partial charge is 0.213 e. The monoisotopic (exact) mass is 241 g/mol. The van der Waals surface area contributed by atoms with Gasteiger partial charge in [0.1, 0.15) is 11.9 Å². The van der Waals surface area contributed by atoms with Gasteiger partial charge >= 0.3 is 0 Å². The number of ether oxygens (including phenoxy) is 1. The highest BCUT2D eigenvalue weighted by Gasteiger charge is 1.99. The second-order valence-corrected chi connectivity index (χ2v) is 3.48. The molecule has 0 saturated carbocycles. The van der Waals surface area contributed by atoms with Crippen LogP contribution in [0.3, 0.4) is 0 Å². The van der Waals surface area contributed by atoms with Crippen LogP contribution in [0.15, 0.2) is 30.5 Å². The van der Waals surface area contributed by atoms with Gasteiger partial charge in [0.2, 0.25) is 5.88 Å². The SMILES string of the molecule is COc1cc(CNc2ccc(C#N)nn2)ccn1. The molecule has 90 valence electrons. The number of anilines is 1. The third-order valence-corrected chi connectivity index (χ3v) is 2.26. The van der Waals surface area contributed by atoms with E-state index in [9.17, 15) is 0 Å². The van der Waals surface area contributed by atoms with E-state index in [4.69, 9.17) is 10.00 Å². The fourth-order valence-corrected chi connectivity index (χ4v) is 1.35. The molecule has 2 rings (SSSR count). The molecule has 0 fully saturated rings. The first kappa shape index (κ1) is 11.8. The zero-order valence-corrected chi connectivity index (χ0v) is 9.79. The molecule has 0 aliphatic heterocycles. The molecule has 0 aromatic carbocycles. The number of hydrogen-bond donors (Lipinski definition) is 1. The average molecular weight is 241 g/mol. The summed E-state index contributed by atoms with van der Waals surface area (Å²) in [4.78, 5) is 4.02. The van der Waals surface area contributed by atoms with Gasteiger partial charge in [-0.2, -0.15) is 5.26 Å². The van der Waals surface area contributed by atoms with Gasteiger partial charge in [0.05, 0.1) is 7.11 Å². The Kier molecular flexibility index (Phi) is 3.66. The number of rotatable bonds is 4. The van der Waals surface area contributed by atoms with Crippen molar-refractivity contribution >= 4 is 5.82 Å². The van der Waals surface area contributed by atoms with Gasteiger partial charge in [-0.1, -0.05) is 0 Å². The van der Waals surface area contributed by atoms with Crippen molar-refractivity contribution in [3.63, 3.8) is 0 Å². The van der Waals surface area contributed by atoms with E-state index in [1.54, 1.807) is 25.4 Å². The third-order valence-electron chi connectivity index (χ3n) is 2.26. The number of pyridine rings is 1. The molecule has 0 unspecified atom stereocenters. The summed E-state index contributed by atoms with van der Waals surface area (Å²) >= 11 is 0. The number of nitrogens with one attached hydrogen (secondary N) is 1. The lowest BCUT2D eigenvalue weighted by Crippen LogP contribution is -2.03. The fraction of sp³-hybridized carbons (Fsp3) is 0.167. The molecule has 2 aromatic rings. The van der Waals surface area contributed by atoms with E-state index in [-0.39, 0.29) is 0 Å². The average Bonchev–Trinajstić information content (AvgIpc) is 2.46. The van der Waals surface area contributed by atoms with Crippen LogP contribution in [-0.4, -0.2) is 22.3 Å². The first-order valence-corrected chi connectivity index (χ1v) is 5.28. The molecule has 2 heterocycles. The zero-order valence-electron chi connectivity index (χ0n) is 9.79. The van der Waals surface area contributed by atoms with E-state index < -0.39 is 0 Å². The molecule has 6 nitrogen and oxygen atoms in total. The zero-order chi connectivity index (χ0) is 12.8. The molecule has 0 saturated heterocycles. The van der Waals surface area contributed by atoms with Crippen molar-refractivity contribution in [2.75, 3.05) is 12.4 Å². The Hall–Kier alpha value is -2.68. The van der Waals surface area contributed by atoms with E-state index >= 15 is 0 Å². The van der Waals surface area contributed by atoms with Crippen LogP contribution in [0, 0.1) is 11.3 Å². The van der Waals surface area contributed by atoms with Crippen LogP contribution in [0.25, 0.3) is 0 Å². The van der Waals surface area contributed by atoms with Gasteiger partial charge in [0.25, 0.3) is 0 Å². The van der Waals surface area contributed by atoms with Gasteiger partial charge in [-0.3, -0.25) is 0 Å². The van der Waals surface area contributed by atoms with Crippen molar-refractivity contribution in [3.8, 4) is 11.9 Å². The van der Waals surface area contributed by atoms with Gasteiger partial charge < -0.3 is 10.1 Å². The summed E-state index contributed by atoms with van der Waals surface area (Å²) in [5.74, 6) is 1.19. The number of aromatic nitrogens is 3. The Balaban J connectivity index is 2.00. The summed E-state index contributed by atoms with van der Waals surface area (Å²) in [6.45, 7) is 0.583. The molecule has 0 aliphatic carbocycles. The first-order valence-electron chi connectivity index (χ1n) is 5.28. The Bertz CT molecular complexity index is 561. The van der Waals surface area contributed by atoms with Crippen molar-refractivity contribution < 1.29 is 4.74 Å². The highest BCUT2D eigenvalue weighted by molar-refractivity contribution is 5.36. The highest BCUT2D eigenvalue weighted by Crippen LogP contribution is 2.10. The Morgan fingerprint density at radius 2 is 2.22 bits per heavy atom. The van der Waals surface area contributed by atoms with Crippen molar-refractivity contribution in [2.45, 2.75) is 6.54 Å². The molecule has 0 bridgehead atoms. The summed E-state index contributed by atoms with van der Waals surface area (Å²) in [5, 5.41) is 19.3. The van der Waals surface area contributed by atoms with Gasteiger partial charge in [-0.05, 0) is 23.8 Å². The van der Waals surface area contributed by atoms with Gasteiger partial charge in [0.15, 0.2) is 5.69 Å². The van der Waals surface area contributed by atoms with Crippen molar-refractivity contribution in [3.05, 3.63) is 41.7 Å². The molecule has 1 N–H and O–H groups in total. The minimum atomic E-state index is 0.297. The topological polar surface area (TPSA) is 83.7 Å². The van der Waals surface area contributed by atoms with E-state index in [1.807, 2.05) is 18.2 Å². The number of nitrogens with zero attached hydrogens (tertiary/aromatic N) is 4. The highest BCUT2D eigenvalue weighted by atomic mass is 16.5. The minimum absolute atomic E-state index is 0.297. The lowest BCUT2D eigenvalue weighted by atomic mass is 10.2. The van der Waals surface area contributed by atoms with Crippen LogP contribution < -0.4 is 10.1 Å². The second-order valence-electron chi connectivity index (χ2n) is 3.48. The van der Waals surface area contributed by atoms with Crippen LogP contribution in [0.1, 0.15) is 11.3 Å². The molecule has 0 radical (unpaired) electrons. The molecule has 6 heteroatoms. The number of nitriles is 1. The summed E-state index contributed by atoms with van der Waals surface area (Å²) in [6.07, 6.45) is 1.68. The fourth-order valence-electron chi connectivity index (χ4n) is 1.35. The Labute approximate surface area is 104 Å². The van der Waals surface area contributed by atoms with Crippen molar-refractivity contribution in [1.82, 2.24) is 15.2 Å². The predicted molar refractivity (Wildman–Crippen MR) is 64.9 cm³/mol. The van der Waals surface area contributed by atoms with Gasteiger partial charge in [-0.25, -0.2) is 4.98 Å². The molecule has 0 aliphatic rings. The van der Waals surface area contributed by atoms with E-state index in [2.05, 4.69) is 20.5 Å². The van der Waals surface area contributed by atoms with E-state index in [0.717, 1.165) is 5.56 Å². The van der Waals surface area contributed by atoms with Gasteiger partial charge in [-0.15, -0.1) is 10.2 Å². The predicted octanol–water partition coefficient (Wildman–Crippen LogP) is 1.36. The van der Waals surface area contributed by atoms with E-state index in [1.165, 1.54) is 0 Å². The molecule has 0 atom stereocenters. The van der Waals surface area contributed by atoms with E-state index in [0.29, 0.717) is 23.9 Å². The molecule has 18 heavy (non-hydrogen) atoms. The van der Waals surface area contributed by atoms with Crippen LogP contribution >= 0.6 is 0 Å². The third kappa shape index (κ3) is 2.92. The summed E-state index contributed by atoms with van der Waals surface area (Å²) < 4.78 is 5.03. The van der Waals surface area contributed by atoms with Crippen molar-refractivity contribution in [2.24, 2.45) is 0 Å². The molecule has 0 spiro atoms. The normalized spacial score (nSPS) is 9.56. The minimum Gasteiger partial charge on any atom is -0.481 e. The quantitative estimate of drug-likeness (QED) is 0.870.